The quantitative estimate of drug-likeness (QED) is 0.816. The molecular formula is C15H22N2. The third-order valence-corrected chi connectivity index (χ3v) is 4.15. The monoisotopic (exact) mass is 230 g/mol. The Kier molecular flexibility index (Phi) is 3.44. The van der Waals surface area contributed by atoms with Crippen LogP contribution in [0.25, 0.3) is 0 Å². The summed E-state index contributed by atoms with van der Waals surface area (Å²) >= 11 is 0. The van der Waals surface area contributed by atoms with Gasteiger partial charge in [0.1, 0.15) is 0 Å². The first-order valence-corrected chi connectivity index (χ1v) is 6.98. The molecule has 0 aromatic heterocycles. The van der Waals surface area contributed by atoms with Crippen LogP contribution in [0, 0.1) is 0 Å². The summed E-state index contributed by atoms with van der Waals surface area (Å²) in [4.78, 5) is 0. The molecule has 1 heterocycles. The molecule has 1 aromatic rings. The van der Waals surface area contributed by atoms with Gasteiger partial charge in [-0.25, -0.2) is 0 Å². The zero-order chi connectivity index (χ0) is 11.5. The first-order valence-electron chi connectivity index (χ1n) is 6.98. The number of nitrogens with one attached hydrogen (secondary N) is 2. The van der Waals surface area contributed by atoms with Gasteiger partial charge in [-0.1, -0.05) is 37.1 Å². The molecule has 3 rings (SSSR count). The summed E-state index contributed by atoms with van der Waals surface area (Å²) in [6.07, 6.45) is 6.76. The Balaban J connectivity index is 1.78. The lowest BCUT2D eigenvalue weighted by Gasteiger charge is -2.23. The van der Waals surface area contributed by atoms with E-state index in [2.05, 4.69) is 34.9 Å². The Morgan fingerprint density at radius 1 is 1.06 bits per heavy atom. The lowest BCUT2D eigenvalue weighted by molar-refractivity contribution is 0.420. The standard InChI is InChI=1S/C15H22N2/c1-4-8-14-12(5-1)11-16-10-9-15(14)17-13-6-2-3-7-13/h1,4-5,8,13,15-17H,2-3,6-7,9-11H2. The average molecular weight is 230 g/mol. The summed E-state index contributed by atoms with van der Waals surface area (Å²) in [6, 6.07) is 10.2. The molecule has 0 spiro atoms. The maximum absolute atomic E-state index is 3.87. The topological polar surface area (TPSA) is 24.1 Å². The van der Waals surface area contributed by atoms with Gasteiger partial charge in [-0.2, -0.15) is 0 Å². The molecular weight excluding hydrogens is 208 g/mol. The molecule has 1 aliphatic carbocycles. The largest absolute Gasteiger partial charge is 0.313 e. The van der Waals surface area contributed by atoms with Gasteiger partial charge in [-0.05, 0) is 36.9 Å². The summed E-state index contributed by atoms with van der Waals surface area (Å²) in [5.41, 5.74) is 2.99. The fourth-order valence-electron chi connectivity index (χ4n) is 3.21. The first kappa shape index (κ1) is 11.2. The lowest BCUT2D eigenvalue weighted by Crippen LogP contribution is -2.31. The van der Waals surface area contributed by atoms with Gasteiger partial charge in [0, 0.05) is 18.6 Å². The molecule has 0 bridgehead atoms. The van der Waals surface area contributed by atoms with Crippen LogP contribution < -0.4 is 10.6 Å². The van der Waals surface area contributed by atoms with Crippen LogP contribution in [0.15, 0.2) is 24.3 Å². The smallest absolute Gasteiger partial charge is 0.0337 e. The molecule has 2 N–H and O–H groups in total. The van der Waals surface area contributed by atoms with Crippen LogP contribution >= 0.6 is 0 Å². The molecule has 2 aliphatic rings. The lowest BCUT2D eigenvalue weighted by atomic mass is 9.98. The first-order chi connectivity index (χ1) is 8.43. The molecule has 1 aromatic carbocycles. The summed E-state index contributed by atoms with van der Waals surface area (Å²) in [7, 11) is 0. The SMILES string of the molecule is c1ccc2c(c1)CNCCC2NC1CCCC1. The molecule has 1 fully saturated rings. The van der Waals surface area contributed by atoms with Gasteiger partial charge in [-0.3, -0.25) is 0 Å². The van der Waals surface area contributed by atoms with E-state index >= 15 is 0 Å². The van der Waals surface area contributed by atoms with E-state index in [4.69, 9.17) is 0 Å². The molecule has 1 aliphatic heterocycles. The fraction of sp³-hybridized carbons (Fsp3) is 0.600. The van der Waals surface area contributed by atoms with Gasteiger partial charge in [0.15, 0.2) is 0 Å². The van der Waals surface area contributed by atoms with Crippen molar-refractivity contribution >= 4 is 0 Å². The molecule has 0 amide bonds. The molecule has 92 valence electrons. The van der Waals surface area contributed by atoms with Gasteiger partial charge >= 0.3 is 0 Å². The van der Waals surface area contributed by atoms with Crippen LogP contribution in [0.3, 0.4) is 0 Å². The summed E-state index contributed by atoms with van der Waals surface area (Å²) in [6.45, 7) is 2.15. The van der Waals surface area contributed by atoms with Crippen molar-refractivity contribution in [3.05, 3.63) is 35.4 Å². The maximum Gasteiger partial charge on any atom is 0.0337 e. The fourth-order valence-corrected chi connectivity index (χ4v) is 3.21. The second-order valence-corrected chi connectivity index (χ2v) is 5.36. The van der Waals surface area contributed by atoms with E-state index in [-0.39, 0.29) is 0 Å². The van der Waals surface area contributed by atoms with Crippen molar-refractivity contribution in [1.82, 2.24) is 10.6 Å². The highest BCUT2D eigenvalue weighted by Gasteiger charge is 2.22. The summed E-state index contributed by atoms with van der Waals surface area (Å²) < 4.78 is 0. The van der Waals surface area contributed by atoms with E-state index in [0.29, 0.717) is 6.04 Å². The van der Waals surface area contributed by atoms with E-state index in [9.17, 15) is 0 Å². The number of benzene rings is 1. The van der Waals surface area contributed by atoms with Crippen LogP contribution in [-0.2, 0) is 6.54 Å². The average Bonchev–Trinajstić information content (AvgIpc) is 2.78. The van der Waals surface area contributed by atoms with Gasteiger partial charge in [0.25, 0.3) is 0 Å². The predicted octanol–water partition coefficient (Wildman–Crippen LogP) is 2.75. The Bertz CT molecular complexity index is 369. The highest BCUT2D eigenvalue weighted by molar-refractivity contribution is 5.31. The Morgan fingerprint density at radius 3 is 2.76 bits per heavy atom. The minimum atomic E-state index is 0.560. The highest BCUT2D eigenvalue weighted by Crippen LogP contribution is 2.27. The number of rotatable bonds is 2. The van der Waals surface area contributed by atoms with Crippen molar-refractivity contribution in [3.8, 4) is 0 Å². The van der Waals surface area contributed by atoms with Crippen LogP contribution in [0.4, 0.5) is 0 Å². The Hall–Kier alpha value is -0.860. The van der Waals surface area contributed by atoms with E-state index in [1.807, 2.05) is 0 Å². The Morgan fingerprint density at radius 2 is 1.88 bits per heavy atom. The number of fused-ring (bicyclic) bond motifs is 1. The van der Waals surface area contributed by atoms with Crippen molar-refractivity contribution in [2.75, 3.05) is 6.54 Å². The Labute approximate surface area is 104 Å². The van der Waals surface area contributed by atoms with Crippen molar-refractivity contribution in [2.24, 2.45) is 0 Å². The minimum absolute atomic E-state index is 0.560. The van der Waals surface area contributed by atoms with E-state index in [0.717, 1.165) is 19.1 Å². The molecule has 0 saturated heterocycles. The second-order valence-electron chi connectivity index (χ2n) is 5.36. The highest BCUT2D eigenvalue weighted by atomic mass is 15.0. The number of hydrogen-bond donors (Lipinski definition) is 2. The maximum atomic E-state index is 3.87. The molecule has 2 nitrogen and oxygen atoms in total. The van der Waals surface area contributed by atoms with Crippen LogP contribution in [0.2, 0.25) is 0 Å². The van der Waals surface area contributed by atoms with Crippen molar-refractivity contribution in [3.63, 3.8) is 0 Å². The van der Waals surface area contributed by atoms with E-state index in [1.54, 1.807) is 0 Å². The third-order valence-electron chi connectivity index (χ3n) is 4.15. The van der Waals surface area contributed by atoms with Gasteiger partial charge in [0.2, 0.25) is 0 Å². The normalized spacial score (nSPS) is 25.5. The van der Waals surface area contributed by atoms with Crippen molar-refractivity contribution in [2.45, 2.75) is 50.7 Å². The van der Waals surface area contributed by atoms with Crippen molar-refractivity contribution in [1.29, 1.82) is 0 Å². The van der Waals surface area contributed by atoms with E-state index < -0.39 is 0 Å². The summed E-state index contributed by atoms with van der Waals surface area (Å²) in [5, 5.41) is 7.39. The van der Waals surface area contributed by atoms with Crippen LogP contribution in [0.1, 0.15) is 49.3 Å². The van der Waals surface area contributed by atoms with Gasteiger partial charge < -0.3 is 10.6 Å². The predicted molar refractivity (Wildman–Crippen MR) is 70.9 cm³/mol. The van der Waals surface area contributed by atoms with Gasteiger partial charge in [-0.15, -0.1) is 0 Å². The molecule has 0 radical (unpaired) electrons. The third kappa shape index (κ3) is 2.53. The molecule has 1 saturated carbocycles. The minimum Gasteiger partial charge on any atom is -0.313 e. The zero-order valence-corrected chi connectivity index (χ0v) is 10.4. The molecule has 1 atom stereocenters. The van der Waals surface area contributed by atoms with Crippen molar-refractivity contribution < 1.29 is 0 Å². The van der Waals surface area contributed by atoms with Crippen LogP contribution in [-0.4, -0.2) is 12.6 Å². The second kappa shape index (κ2) is 5.19. The van der Waals surface area contributed by atoms with Crippen LogP contribution in [0.5, 0.6) is 0 Å². The van der Waals surface area contributed by atoms with E-state index in [1.165, 1.54) is 43.2 Å². The molecule has 1 unspecified atom stereocenters. The van der Waals surface area contributed by atoms with Gasteiger partial charge in [0.05, 0.1) is 0 Å². The number of hydrogen-bond acceptors (Lipinski definition) is 2. The summed E-state index contributed by atoms with van der Waals surface area (Å²) in [5.74, 6) is 0. The molecule has 17 heavy (non-hydrogen) atoms. The molecule has 2 heteroatoms. The zero-order valence-electron chi connectivity index (χ0n) is 10.4.